The Kier molecular flexibility index (Phi) is 6.36. The average molecular weight is 452 g/mol. The van der Waals surface area contributed by atoms with Gasteiger partial charge in [-0.1, -0.05) is 0 Å². The number of amides is 2. The Labute approximate surface area is 190 Å². The van der Waals surface area contributed by atoms with Crippen LogP contribution >= 0.6 is 0 Å². The minimum Gasteiger partial charge on any atom is -0.462 e. The lowest BCUT2D eigenvalue weighted by molar-refractivity contribution is -0.384. The van der Waals surface area contributed by atoms with Crippen LogP contribution in [0.3, 0.4) is 0 Å². The van der Waals surface area contributed by atoms with E-state index in [1.807, 2.05) is 4.90 Å². The SMILES string of the molecule is CCOC(=O)c1ccc(N2C(=O)C[C@H](N3CCN(c4ccc([N+](=O)[O-])cc4)CC3)C2=O)cc1. The zero-order chi connectivity index (χ0) is 23.5. The van der Waals surface area contributed by atoms with Crippen LogP contribution in [0.1, 0.15) is 23.7 Å². The van der Waals surface area contributed by atoms with Gasteiger partial charge in [0, 0.05) is 44.0 Å². The highest BCUT2D eigenvalue weighted by atomic mass is 16.6. The first-order valence-corrected chi connectivity index (χ1v) is 10.8. The number of carbonyl (C=O) groups excluding carboxylic acids is 3. The third-order valence-corrected chi connectivity index (χ3v) is 5.94. The maximum absolute atomic E-state index is 13.1. The van der Waals surface area contributed by atoms with Gasteiger partial charge in [-0.25, -0.2) is 9.69 Å². The van der Waals surface area contributed by atoms with Crippen molar-refractivity contribution < 1.29 is 24.0 Å². The summed E-state index contributed by atoms with van der Waals surface area (Å²) in [7, 11) is 0. The molecule has 0 bridgehead atoms. The van der Waals surface area contributed by atoms with Crippen molar-refractivity contribution in [2.75, 3.05) is 42.6 Å². The molecule has 0 spiro atoms. The minimum absolute atomic E-state index is 0.0443. The van der Waals surface area contributed by atoms with Crippen molar-refractivity contribution in [1.82, 2.24) is 4.90 Å². The first kappa shape index (κ1) is 22.4. The lowest BCUT2D eigenvalue weighted by Gasteiger charge is -2.38. The number of esters is 1. The molecule has 1 atom stereocenters. The summed E-state index contributed by atoms with van der Waals surface area (Å²) >= 11 is 0. The normalized spacial score (nSPS) is 19.1. The van der Waals surface area contributed by atoms with Gasteiger partial charge in [-0.2, -0.15) is 0 Å². The van der Waals surface area contributed by atoms with Gasteiger partial charge in [0.15, 0.2) is 0 Å². The number of hydrogen-bond donors (Lipinski definition) is 0. The number of nitrogens with zero attached hydrogens (tertiary/aromatic N) is 4. The van der Waals surface area contributed by atoms with Gasteiger partial charge in [0.1, 0.15) is 0 Å². The van der Waals surface area contributed by atoms with Gasteiger partial charge >= 0.3 is 5.97 Å². The van der Waals surface area contributed by atoms with Crippen LogP contribution in [-0.2, 0) is 14.3 Å². The van der Waals surface area contributed by atoms with Crippen LogP contribution in [-0.4, -0.2) is 66.4 Å². The Morgan fingerprint density at radius 3 is 2.18 bits per heavy atom. The number of ether oxygens (including phenoxy) is 1. The summed E-state index contributed by atoms with van der Waals surface area (Å²) in [6.45, 7) is 4.46. The molecule has 172 valence electrons. The molecule has 0 N–H and O–H groups in total. The van der Waals surface area contributed by atoms with Crippen LogP contribution in [0.2, 0.25) is 0 Å². The van der Waals surface area contributed by atoms with Crippen molar-refractivity contribution in [1.29, 1.82) is 0 Å². The van der Waals surface area contributed by atoms with Crippen molar-refractivity contribution in [3.63, 3.8) is 0 Å². The number of imide groups is 1. The molecule has 2 aromatic carbocycles. The van der Waals surface area contributed by atoms with Crippen molar-refractivity contribution in [2.24, 2.45) is 0 Å². The highest BCUT2D eigenvalue weighted by Gasteiger charge is 2.43. The molecule has 2 aliphatic heterocycles. The van der Waals surface area contributed by atoms with Crippen LogP contribution in [0, 0.1) is 10.1 Å². The first-order valence-electron chi connectivity index (χ1n) is 10.8. The lowest BCUT2D eigenvalue weighted by Crippen LogP contribution is -2.52. The second-order valence-corrected chi connectivity index (χ2v) is 7.85. The van der Waals surface area contributed by atoms with Gasteiger partial charge in [-0.3, -0.25) is 24.6 Å². The van der Waals surface area contributed by atoms with E-state index in [4.69, 9.17) is 4.74 Å². The number of anilines is 2. The predicted molar refractivity (Wildman–Crippen MR) is 120 cm³/mol. The van der Waals surface area contributed by atoms with Crippen LogP contribution < -0.4 is 9.80 Å². The summed E-state index contributed by atoms with van der Waals surface area (Å²) in [6.07, 6.45) is 0.107. The quantitative estimate of drug-likeness (QED) is 0.284. The van der Waals surface area contributed by atoms with E-state index in [1.54, 1.807) is 43.3 Å². The van der Waals surface area contributed by atoms with Gasteiger partial charge in [-0.05, 0) is 43.3 Å². The molecule has 33 heavy (non-hydrogen) atoms. The van der Waals surface area contributed by atoms with Gasteiger partial charge in [0.05, 0.1) is 35.2 Å². The fourth-order valence-corrected chi connectivity index (χ4v) is 4.21. The van der Waals surface area contributed by atoms with Gasteiger partial charge in [0.25, 0.3) is 11.6 Å². The van der Waals surface area contributed by atoms with Crippen LogP contribution in [0.5, 0.6) is 0 Å². The molecule has 0 saturated carbocycles. The maximum Gasteiger partial charge on any atom is 0.338 e. The zero-order valence-electron chi connectivity index (χ0n) is 18.2. The van der Waals surface area contributed by atoms with Crippen molar-refractivity contribution in [3.8, 4) is 0 Å². The Hall–Kier alpha value is -3.79. The number of non-ortho nitro benzene ring substituents is 1. The monoisotopic (exact) mass is 452 g/mol. The largest absolute Gasteiger partial charge is 0.462 e. The van der Waals surface area contributed by atoms with E-state index in [1.165, 1.54) is 17.0 Å². The van der Waals surface area contributed by atoms with E-state index in [9.17, 15) is 24.5 Å². The molecular weight excluding hydrogens is 428 g/mol. The van der Waals surface area contributed by atoms with Gasteiger partial charge in [0.2, 0.25) is 5.91 Å². The van der Waals surface area contributed by atoms with Crippen molar-refractivity contribution in [2.45, 2.75) is 19.4 Å². The summed E-state index contributed by atoms with van der Waals surface area (Å²) in [4.78, 5) is 53.3. The number of hydrogen-bond acceptors (Lipinski definition) is 8. The molecule has 10 nitrogen and oxygen atoms in total. The van der Waals surface area contributed by atoms with E-state index in [0.29, 0.717) is 37.4 Å². The molecule has 4 rings (SSSR count). The summed E-state index contributed by atoms with van der Waals surface area (Å²) < 4.78 is 4.96. The molecule has 2 fully saturated rings. The topological polar surface area (TPSA) is 113 Å². The molecule has 2 saturated heterocycles. The van der Waals surface area contributed by atoms with E-state index in [0.717, 1.165) is 5.69 Å². The van der Waals surface area contributed by atoms with E-state index >= 15 is 0 Å². The minimum atomic E-state index is -0.527. The first-order chi connectivity index (χ1) is 15.9. The Bertz CT molecular complexity index is 1060. The van der Waals surface area contributed by atoms with Crippen molar-refractivity contribution >= 4 is 34.8 Å². The molecule has 0 radical (unpaired) electrons. The number of rotatable bonds is 6. The highest BCUT2D eigenvalue weighted by Crippen LogP contribution is 2.28. The molecule has 2 heterocycles. The third kappa shape index (κ3) is 4.56. The summed E-state index contributed by atoms with van der Waals surface area (Å²) in [5, 5.41) is 10.8. The number of nitro benzene ring substituents is 1. The van der Waals surface area contributed by atoms with Gasteiger partial charge < -0.3 is 9.64 Å². The Balaban J connectivity index is 1.39. The number of carbonyl (C=O) groups is 3. The van der Waals surface area contributed by atoms with Gasteiger partial charge in [-0.15, -0.1) is 0 Å². The van der Waals surface area contributed by atoms with E-state index < -0.39 is 16.9 Å². The molecular formula is C23H24N4O6. The summed E-state index contributed by atoms with van der Waals surface area (Å²) in [6, 6.07) is 12.1. The van der Waals surface area contributed by atoms with E-state index in [-0.39, 0.29) is 30.5 Å². The van der Waals surface area contributed by atoms with Crippen LogP contribution in [0.15, 0.2) is 48.5 Å². The number of piperazine rings is 1. The third-order valence-electron chi connectivity index (χ3n) is 5.94. The molecule has 0 aliphatic carbocycles. The maximum atomic E-state index is 13.1. The fourth-order valence-electron chi connectivity index (χ4n) is 4.21. The molecule has 10 heteroatoms. The number of nitro groups is 1. The predicted octanol–water partition coefficient (Wildman–Crippen LogP) is 2.23. The molecule has 2 aliphatic rings. The molecule has 0 aromatic heterocycles. The Morgan fingerprint density at radius 2 is 1.61 bits per heavy atom. The van der Waals surface area contributed by atoms with E-state index in [2.05, 4.69) is 4.90 Å². The molecule has 2 amide bonds. The summed E-state index contributed by atoms with van der Waals surface area (Å²) in [5.74, 6) is -0.994. The number of benzene rings is 2. The second-order valence-electron chi connectivity index (χ2n) is 7.85. The smallest absolute Gasteiger partial charge is 0.338 e. The van der Waals surface area contributed by atoms with Crippen molar-refractivity contribution in [3.05, 3.63) is 64.2 Å². The molecule has 2 aromatic rings. The zero-order valence-corrected chi connectivity index (χ0v) is 18.2. The van der Waals surface area contributed by atoms with Crippen LogP contribution in [0.4, 0.5) is 17.1 Å². The highest BCUT2D eigenvalue weighted by molar-refractivity contribution is 6.22. The lowest BCUT2D eigenvalue weighted by atomic mass is 10.1. The Morgan fingerprint density at radius 1 is 1.00 bits per heavy atom. The molecule has 0 unspecified atom stereocenters. The average Bonchev–Trinajstić information content (AvgIpc) is 3.13. The summed E-state index contributed by atoms with van der Waals surface area (Å²) in [5.41, 5.74) is 1.73. The second kappa shape index (κ2) is 9.37. The van der Waals surface area contributed by atoms with Crippen LogP contribution in [0.25, 0.3) is 0 Å². The fraction of sp³-hybridized carbons (Fsp3) is 0.348. The standard InChI is InChI=1S/C23H24N4O6/c1-2-33-23(30)16-3-5-18(6-4-16)26-21(28)15-20(22(26)29)25-13-11-24(12-14-25)17-7-9-19(10-8-17)27(31)32/h3-10,20H,2,11-15H2,1H3/t20-/m0/s1.